The Morgan fingerprint density at radius 2 is 2.00 bits per heavy atom. The minimum absolute atomic E-state index is 0.0142. The van der Waals surface area contributed by atoms with Gasteiger partial charge in [0.25, 0.3) is 0 Å². The molecule has 156 valence electrons. The van der Waals surface area contributed by atoms with Gasteiger partial charge >= 0.3 is 6.18 Å². The van der Waals surface area contributed by atoms with E-state index < -0.39 is 11.7 Å². The highest BCUT2D eigenvalue weighted by Crippen LogP contribution is 2.42. The molecule has 2 atom stereocenters. The van der Waals surface area contributed by atoms with Gasteiger partial charge in [-0.3, -0.25) is 4.90 Å². The monoisotopic (exact) mass is 424 g/mol. The number of aromatic nitrogens is 3. The molecule has 1 N–H and O–H groups in total. The summed E-state index contributed by atoms with van der Waals surface area (Å²) >= 11 is 1.34. The zero-order chi connectivity index (χ0) is 20.8. The lowest BCUT2D eigenvalue weighted by Gasteiger charge is -2.37. The normalized spacial score (nSPS) is 19.7. The fourth-order valence-corrected chi connectivity index (χ4v) is 5.10. The fourth-order valence-electron chi connectivity index (χ4n) is 3.96. The molecule has 0 bridgehead atoms. The second-order valence-electron chi connectivity index (χ2n) is 7.63. The van der Waals surface area contributed by atoms with Gasteiger partial charge in [0.05, 0.1) is 16.5 Å². The Labute approximate surface area is 170 Å². The van der Waals surface area contributed by atoms with Crippen molar-refractivity contribution in [3.05, 3.63) is 46.1 Å². The van der Waals surface area contributed by atoms with Crippen LogP contribution in [0.2, 0.25) is 0 Å². The third-order valence-corrected chi connectivity index (χ3v) is 6.49. The summed E-state index contributed by atoms with van der Waals surface area (Å²) in [4.78, 5) is 7.93. The molecule has 0 aliphatic carbocycles. The number of halogens is 3. The Morgan fingerprint density at radius 3 is 2.59 bits per heavy atom. The third-order valence-electron chi connectivity index (χ3n) is 5.42. The standard InChI is InChI=1S/C20H23F3N4OS/c1-3-15-24-19-27(25-15)18(28)17(29-19)16(26-10-4-5-12(2)11-26)13-6-8-14(9-7-13)20(21,22)23/h6-9,12,16,28H,3-5,10-11H2,1-2H3/t12-,16-/m1/s1. The van der Waals surface area contributed by atoms with Gasteiger partial charge in [-0.15, -0.1) is 5.10 Å². The summed E-state index contributed by atoms with van der Waals surface area (Å²) in [5, 5.41) is 15.2. The van der Waals surface area contributed by atoms with Crippen LogP contribution in [-0.2, 0) is 12.6 Å². The second-order valence-corrected chi connectivity index (χ2v) is 8.64. The quantitative estimate of drug-likeness (QED) is 0.647. The number of aryl methyl sites for hydroxylation is 1. The van der Waals surface area contributed by atoms with E-state index in [0.717, 1.165) is 43.6 Å². The van der Waals surface area contributed by atoms with Crippen LogP contribution < -0.4 is 0 Å². The van der Waals surface area contributed by atoms with Gasteiger partial charge in [0.1, 0.15) is 0 Å². The van der Waals surface area contributed by atoms with Gasteiger partial charge in [-0.1, -0.05) is 37.3 Å². The first-order valence-corrected chi connectivity index (χ1v) is 10.6. The molecule has 5 nitrogen and oxygen atoms in total. The number of hydrogen-bond acceptors (Lipinski definition) is 5. The molecule has 9 heteroatoms. The first-order valence-electron chi connectivity index (χ1n) is 9.76. The van der Waals surface area contributed by atoms with Crippen LogP contribution in [0, 0.1) is 5.92 Å². The second kappa shape index (κ2) is 7.60. The maximum Gasteiger partial charge on any atom is 0.416 e. The zero-order valence-corrected chi connectivity index (χ0v) is 17.1. The van der Waals surface area contributed by atoms with Crippen LogP contribution in [0.15, 0.2) is 24.3 Å². The Bertz CT molecular complexity index is 996. The highest BCUT2D eigenvalue weighted by Gasteiger charge is 2.34. The Morgan fingerprint density at radius 1 is 1.28 bits per heavy atom. The van der Waals surface area contributed by atoms with Crippen molar-refractivity contribution in [2.75, 3.05) is 13.1 Å². The molecule has 3 aromatic rings. The van der Waals surface area contributed by atoms with E-state index in [4.69, 9.17) is 0 Å². The number of fused-ring (bicyclic) bond motifs is 1. The molecule has 0 amide bonds. The van der Waals surface area contributed by atoms with Gasteiger partial charge in [0.15, 0.2) is 5.82 Å². The Kier molecular flexibility index (Phi) is 5.29. The fraction of sp³-hybridized carbons (Fsp3) is 0.500. The molecule has 1 saturated heterocycles. The van der Waals surface area contributed by atoms with Crippen molar-refractivity contribution in [2.45, 2.75) is 45.3 Å². The number of nitrogens with zero attached hydrogens (tertiary/aromatic N) is 4. The molecule has 3 heterocycles. The number of likely N-dealkylation sites (tertiary alicyclic amines) is 1. The van der Waals surface area contributed by atoms with Crippen LogP contribution in [0.1, 0.15) is 54.6 Å². The van der Waals surface area contributed by atoms with Gasteiger partial charge in [-0.2, -0.15) is 17.7 Å². The van der Waals surface area contributed by atoms with Crippen molar-refractivity contribution in [3.63, 3.8) is 0 Å². The van der Waals surface area contributed by atoms with Gasteiger partial charge < -0.3 is 5.11 Å². The summed E-state index contributed by atoms with van der Waals surface area (Å²) < 4.78 is 40.5. The lowest BCUT2D eigenvalue weighted by atomic mass is 9.95. The van der Waals surface area contributed by atoms with Crippen LogP contribution in [-0.4, -0.2) is 37.7 Å². The van der Waals surface area contributed by atoms with E-state index in [1.165, 1.54) is 28.0 Å². The summed E-state index contributed by atoms with van der Waals surface area (Å²) in [5.41, 5.74) is 0.0501. The van der Waals surface area contributed by atoms with Crippen molar-refractivity contribution >= 4 is 16.3 Å². The lowest BCUT2D eigenvalue weighted by Crippen LogP contribution is -2.37. The van der Waals surface area contributed by atoms with E-state index in [9.17, 15) is 18.3 Å². The number of alkyl halides is 3. The Hall–Kier alpha value is -2.13. The number of benzene rings is 1. The van der Waals surface area contributed by atoms with Gasteiger partial charge in [-0.05, 0) is 43.0 Å². The van der Waals surface area contributed by atoms with E-state index in [1.807, 2.05) is 6.92 Å². The average Bonchev–Trinajstić information content (AvgIpc) is 3.21. The van der Waals surface area contributed by atoms with Gasteiger partial charge in [0, 0.05) is 13.0 Å². The molecule has 1 aromatic carbocycles. The van der Waals surface area contributed by atoms with Crippen molar-refractivity contribution in [2.24, 2.45) is 5.92 Å². The maximum absolute atomic E-state index is 13.0. The first kappa shape index (κ1) is 20.2. The van der Waals surface area contributed by atoms with E-state index in [1.54, 1.807) is 0 Å². The van der Waals surface area contributed by atoms with Crippen LogP contribution in [0.3, 0.4) is 0 Å². The number of rotatable bonds is 4. The maximum atomic E-state index is 13.0. The number of aromatic hydroxyl groups is 1. The Balaban J connectivity index is 1.78. The average molecular weight is 424 g/mol. The third kappa shape index (κ3) is 3.85. The summed E-state index contributed by atoms with van der Waals surface area (Å²) in [6.07, 6.45) is -1.58. The molecule has 29 heavy (non-hydrogen) atoms. The molecule has 4 rings (SSSR count). The minimum Gasteiger partial charge on any atom is -0.492 e. The van der Waals surface area contributed by atoms with Crippen LogP contribution in [0.25, 0.3) is 4.96 Å². The molecule has 1 aliphatic rings. The van der Waals surface area contributed by atoms with Gasteiger partial charge in [-0.25, -0.2) is 4.98 Å². The highest BCUT2D eigenvalue weighted by atomic mass is 32.1. The predicted molar refractivity (Wildman–Crippen MR) is 105 cm³/mol. The molecule has 2 aromatic heterocycles. The van der Waals surface area contributed by atoms with Crippen LogP contribution in [0.4, 0.5) is 13.2 Å². The largest absolute Gasteiger partial charge is 0.492 e. The van der Waals surface area contributed by atoms with E-state index in [2.05, 4.69) is 21.9 Å². The van der Waals surface area contributed by atoms with Crippen molar-refractivity contribution < 1.29 is 18.3 Å². The topological polar surface area (TPSA) is 53.7 Å². The summed E-state index contributed by atoms with van der Waals surface area (Å²) in [5.74, 6) is 1.15. The molecule has 0 radical (unpaired) electrons. The molecule has 1 aliphatic heterocycles. The van der Waals surface area contributed by atoms with Gasteiger partial charge in [0.2, 0.25) is 10.8 Å². The number of hydrogen-bond donors (Lipinski definition) is 1. The molecule has 0 unspecified atom stereocenters. The van der Waals surface area contributed by atoms with Crippen molar-refractivity contribution in [1.29, 1.82) is 0 Å². The zero-order valence-electron chi connectivity index (χ0n) is 16.3. The van der Waals surface area contributed by atoms with Crippen molar-refractivity contribution in [3.8, 4) is 5.88 Å². The van der Waals surface area contributed by atoms with Crippen LogP contribution in [0.5, 0.6) is 5.88 Å². The summed E-state index contributed by atoms with van der Waals surface area (Å²) in [7, 11) is 0. The van der Waals surface area contributed by atoms with E-state index >= 15 is 0 Å². The number of piperidine rings is 1. The van der Waals surface area contributed by atoms with Crippen LogP contribution >= 0.6 is 11.3 Å². The minimum atomic E-state index is -4.38. The predicted octanol–water partition coefficient (Wildman–Crippen LogP) is 4.90. The first-order chi connectivity index (χ1) is 13.8. The molecule has 0 spiro atoms. The SMILES string of the molecule is CCc1nc2sc([C@@H](c3ccc(C(F)(F)F)cc3)N3CCC[C@@H](C)C3)c(O)n2n1. The molecular formula is C20H23F3N4OS. The van der Waals surface area contributed by atoms with Crippen molar-refractivity contribution in [1.82, 2.24) is 19.5 Å². The number of thiazole rings is 1. The summed E-state index contributed by atoms with van der Waals surface area (Å²) in [6.45, 7) is 5.76. The molecule has 0 saturated carbocycles. The summed E-state index contributed by atoms with van der Waals surface area (Å²) in [6, 6.07) is 4.91. The smallest absolute Gasteiger partial charge is 0.416 e. The molecular weight excluding hydrogens is 401 g/mol. The van der Waals surface area contributed by atoms with E-state index in [-0.39, 0.29) is 11.9 Å². The molecule has 1 fully saturated rings. The lowest BCUT2D eigenvalue weighted by molar-refractivity contribution is -0.137. The van der Waals surface area contributed by atoms with E-state index in [0.29, 0.717) is 28.0 Å². The highest BCUT2D eigenvalue weighted by molar-refractivity contribution is 7.17.